The second-order valence-corrected chi connectivity index (χ2v) is 5.82. The fourth-order valence-electron chi connectivity index (χ4n) is 2.39. The van der Waals surface area contributed by atoms with Crippen LogP contribution in [0.3, 0.4) is 0 Å². The minimum atomic E-state index is -0.978. The molecule has 1 aliphatic heterocycles. The van der Waals surface area contributed by atoms with Crippen LogP contribution in [0.4, 0.5) is 0 Å². The van der Waals surface area contributed by atoms with Crippen molar-refractivity contribution in [3.05, 3.63) is 12.2 Å². The van der Waals surface area contributed by atoms with E-state index in [1.165, 1.54) is 0 Å². The molecule has 5 heteroatoms. The third kappa shape index (κ3) is 6.50. The van der Waals surface area contributed by atoms with Crippen molar-refractivity contribution in [1.82, 2.24) is 0 Å². The Bertz CT molecular complexity index is 335. The molecule has 0 unspecified atom stereocenters. The monoisotopic (exact) mass is 286 g/mol. The van der Waals surface area contributed by atoms with Crippen molar-refractivity contribution in [2.75, 3.05) is 0 Å². The number of carbonyl (C=O) groups is 1. The molecule has 0 aromatic heterocycles. The summed E-state index contributed by atoms with van der Waals surface area (Å²) in [6, 6.07) is 0. The predicted molar refractivity (Wildman–Crippen MR) is 75.4 cm³/mol. The minimum Gasteiger partial charge on any atom is -0.478 e. The number of unbranched alkanes of at least 4 members (excludes halogenated alkanes) is 2. The standard InChI is InChI=1S/C15H26O5/c1-11(16)7-5-4-6-8-12-13(9-10-14(17)18)20-15(2,3)19-12/h9-13,16H,4-8H2,1-3H3,(H,17,18)/b10-9+/t11-,12-,13-/m1/s1. The van der Waals surface area contributed by atoms with Gasteiger partial charge >= 0.3 is 5.97 Å². The molecule has 0 bridgehead atoms. The maximum Gasteiger partial charge on any atom is 0.328 e. The Hall–Kier alpha value is -0.910. The molecule has 1 heterocycles. The van der Waals surface area contributed by atoms with Crippen LogP contribution in [0.5, 0.6) is 0 Å². The van der Waals surface area contributed by atoms with Gasteiger partial charge in [-0.3, -0.25) is 0 Å². The average Bonchev–Trinajstić information content (AvgIpc) is 2.60. The summed E-state index contributed by atoms with van der Waals surface area (Å²) in [4.78, 5) is 10.6. The molecule has 3 atom stereocenters. The molecule has 0 saturated carbocycles. The largest absolute Gasteiger partial charge is 0.478 e. The van der Waals surface area contributed by atoms with Crippen LogP contribution in [0.25, 0.3) is 0 Å². The third-order valence-corrected chi connectivity index (χ3v) is 3.26. The van der Waals surface area contributed by atoms with Crippen molar-refractivity contribution in [2.45, 2.75) is 77.0 Å². The van der Waals surface area contributed by atoms with Crippen LogP contribution in [-0.2, 0) is 14.3 Å². The highest BCUT2D eigenvalue weighted by atomic mass is 16.7. The summed E-state index contributed by atoms with van der Waals surface area (Å²) in [7, 11) is 0. The molecule has 1 saturated heterocycles. The Morgan fingerprint density at radius 3 is 2.60 bits per heavy atom. The van der Waals surface area contributed by atoms with Crippen LogP contribution in [0.2, 0.25) is 0 Å². The van der Waals surface area contributed by atoms with E-state index < -0.39 is 11.8 Å². The molecular weight excluding hydrogens is 260 g/mol. The number of rotatable bonds is 8. The Morgan fingerprint density at radius 1 is 1.30 bits per heavy atom. The van der Waals surface area contributed by atoms with Gasteiger partial charge in [0.25, 0.3) is 0 Å². The van der Waals surface area contributed by atoms with Crippen LogP contribution < -0.4 is 0 Å². The Labute approximate surface area is 120 Å². The van der Waals surface area contributed by atoms with E-state index in [1.54, 1.807) is 13.0 Å². The van der Waals surface area contributed by atoms with E-state index in [2.05, 4.69) is 0 Å². The summed E-state index contributed by atoms with van der Waals surface area (Å²) >= 11 is 0. The number of aliphatic hydroxyl groups excluding tert-OH is 1. The van der Waals surface area contributed by atoms with E-state index in [9.17, 15) is 9.90 Å². The van der Waals surface area contributed by atoms with E-state index in [4.69, 9.17) is 14.6 Å². The van der Waals surface area contributed by atoms with E-state index >= 15 is 0 Å². The Morgan fingerprint density at radius 2 is 2.00 bits per heavy atom. The van der Waals surface area contributed by atoms with Crippen molar-refractivity contribution >= 4 is 5.97 Å². The van der Waals surface area contributed by atoms with Crippen LogP contribution in [0.1, 0.15) is 52.9 Å². The van der Waals surface area contributed by atoms with Gasteiger partial charge in [-0.25, -0.2) is 4.79 Å². The Balaban J connectivity index is 2.38. The first-order chi connectivity index (χ1) is 9.30. The fraction of sp³-hybridized carbons (Fsp3) is 0.800. The van der Waals surface area contributed by atoms with E-state index in [0.29, 0.717) is 0 Å². The molecule has 1 aliphatic rings. The summed E-state index contributed by atoms with van der Waals surface area (Å²) in [5, 5.41) is 17.9. The summed E-state index contributed by atoms with van der Waals surface area (Å²) < 4.78 is 11.5. The number of hydrogen-bond donors (Lipinski definition) is 2. The third-order valence-electron chi connectivity index (χ3n) is 3.26. The molecule has 0 aromatic carbocycles. The number of hydrogen-bond acceptors (Lipinski definition) is 4. The highest BCUT2D eigenvalue weighted by Gasteiger charge is 2.39. The average molecular weight is 286 g/mol. The van der Waals surface area contributed by atoms with Crippen LogP contribution in [-0.4, -0.2) is 40.3 Å². The first-order valence-electron chi connectivity index (χ1n) is 7.25. The van der Waals surface area contributed by atoms with Gasteiger partial charge in [0.15, 0.2) is 5.79 Å². The lowest BCUT2D eigenvalue weighted by molar-refractivity contribution is -0.143. The highest BCUT2D eigenvalue weighted by molar-refractivity contribution is 5.79. The predicted octanol–water partition coefficient (Wildman–Crippen LogP) is 2.48. The maximum atomic E-state index is 10.6. The molecule has 20 heavy (non-hydrogen) atoms. The number of carboxylic acid groups (broad SMARTS) is 1. The van der Waals surface area contributed by atoms with Crippen molar-refractivity contribution in [1.29, 1.82) is 0 Å². The molecule has 0 spiro atoms. The zero-order chi connectivity index (χ0) is 15.2. The zero-order valence-electron chi connectivity index (χ0n) is 12.5. The lowest BCUT2D eigenvalue weighted by Crippen LogP contribution is -2.21. The van der Waals surface area contributed by atoms with Gasteiger partial charge in [0.2, 0.25) is 0 Å². The van der Waals surface area contributed by atoms with Crippen molar-refractivity contribution < 1.29 is 24.5 Å². The van der Waals surface area contributed by atoms with Crippen molar-refractivity contribution in [3.8, 4) is 0 Å². The van der Waals surface area contributed by atoms with E-state index in [0.717, 1.165) is 38.2 Å². The molecule has 0 aromatic rings. The fourth-order valence-corrected chi connectivity index (χ4v) is 2.39. The quantitative estimate of drug-likeness (QED) is 0.529. The summed E-state index contributed by atoms with van der Waals surface area (Å²) in [6.07, 6.45) is 6.65. The maximum absolute atomic E-state index is 10.6. The minimum absolute atomic E-state index is 0.104. The molecular formula is C15H26O5. The normalized spacial score (nSPS) is 27.0. The van der Waals surface area contributed by atoms with Gasteiger partial charge in [-0.15, -0.1) is 0 Å². The van der Waals surface area contributed by atoms with Crippen molar-refractivity contribution in [2.24, 2.45) is 0 Å². The molecule has 2 N–H and O–H groups in total. The van der Waals surface area contributed by atoms with Crippen molar-refractivity contribution in [3.63, 3.8) is 0 Å². The molecule has 5 nitrogen and oxygen atoms in total. The second kappa shape index (κ2) is 7.76. The first-order valence-corrected chi connectivity index (χ1v) is 7.25. The number of aliphatic hydroxyl groups is 1. The highest BCUT2D eigenvalue weighted by Crippen LogP contribution is 2.31. The van der Waals surface area contributed by atoms with Gasteiger partial charge in [-0.05, 0) is 39.7 Å². The van der Waals surface area contributed by atoms with Crippen LogP contribution in [0, 0.1) is 0 Å². The zero-order valence-corrected chi connectivity index (χ0v) is 12.5. The van der Waals surface area contributed by atoms with Gasteiger partial charge in [-0.1, -0.05) is 19.3 Å². The van der Waals surface area contributed by atoms with Gasteiger partial charge in [0.1, 0.15) is 6.10 Å². The number of ether oxygens (including phenoxy) is 2. The van der Waals surface area contributed by atoms with Gasteiger partial charge in [0.05, 0.1) is 12.2 Å². The lowest BCUT2D eigenvalue weighted by atomic mass is 10.0. The molecule has 0 aliphatic carbocycles. The molecule has 0 radical (unpaired) electrons. The molecule has 1 fully saturated rings. The number of aliphatic carboxylic acids is 1. The van der Waals surface area contributed by atoms with Gasteiger partial charge < -0.3 is 19.7 Å². The van der Waals surface area contributed by atoms with E-state index in [-0.39, 0.29) is 18.3 Å². The van der Waals surface area contributed by atoms with Gasteiger partial charge in [-0.2, -0.15) is 0 Å². The van der Waals surface area contributed by atoms with Crippen LogP contribution in [0.15, 0.2) is 12.2 Å². The van der Waals surface area contributed by atoms with Crippen LogP contribution >= 0.6 is 0 Å². The molecule has 116 valence electrons. The summed E-state index contributed by atoms with van der Waals surface area (Å²) in [5.74, 6) is -1.65. The number of carboxylic acids is 1. The molecule has 0 amide bonds. The molecule has 1 rings (SSSR count). The smallest absolute Gasteiger partial charge is 0.328 e. The topological polar surface area (TPSA) is 76.0 Å². The summed E-state index contributed by atoms with van der Waals surface area (Å²) in [5.41, 5.74) is 0. The summed E-state index contributed by atoms with van der Waals surface area (Å²) in [6.45, 7) is 5.47. The SMILES string of the molecule is C[C@@H](O)CCCCC[C@H]1OC(C)(C)O[C@@H]1/C=C/C(=O)O. The first kappa shape index (κ1) is 17.1. The van der Waals surface area contributed by atoms with E-state index in [1.807, 2.05) is 13.8 Å². The van der Waals surface area contributed by atoms with Gasteiger partial charge in [0, 0.05) is 6.08 Å². The second-order valence-electron chi connectivity index (χ2n) is 5.82. The Kier molecular flexibility index (Phi) is 6.65. The lowest BCUT2D eigenvalue weighted by Gasteiger charge is -2.16.